The average Bonchev–Trinajstić information content (AvgIpc) is 3.61. The Morgan fingerprint density at radius 1 is 1.09 bits per heavy atom. The van der Waals surface area contributed by atoms with Crippen molar-refractivity contribution in [3.63, 3.8) is 0 Å². The van der Waals surface area contributed by atoms with Gasteiger partial charge >= 0.3 is 0 Å². The van der Waals surface area contributed by atoms with Gasteiger partial charge in [-0.05, 0) is 74.1 Å². The number of nitrogens with zero attached hydrogens (tertiary/aromatic N) is 5. The zero-order chi connectivity index (χ0) is 32.4. The van der Waals surface area contributed by atoms with Crippen LogP contribution in [0.4, 0.5) is 5.69 Å². The average molecular weight is 616 g/mol. The highest BCUT2D eigenvalue weighted by atomic mass is 16.5. The number of benzene rings is 3. The maximum Gasteiger partial charge on any atom is 0.248 e. The van der Waals surface area contributed by atoms with Crippen LogP contribution in [0.25, 0.3) is 33.1 Å². The maximum atomic E-state index is 13.8. The summed E-state index contributed by atoms with van der Waals surface area (Å²) in [6.07, 6.45) is 9.54. The van der Waals surface area contributed by atoms with E-state index in [0.29, 0.717) is 41.0 Å². The number of aromatic nitrogens is 4. The van der Waals surface area contributed by atoms with Crippen LogP contribution < -0.4 is 10.6 Å². The molecule has 0 bridgehead atoms. The molecule has 0 unspecified atom stereocenters. The SMILES string of the molecule is CO[C@H]1CC[C@H](NC/C=C/C(=O)Nc2ccc(C(=O)c3nn(C)c4c(-c5cc6ncn(C)c6cc5C)cccc34)cc2C#N)CC1. The number of aryl methyl sites for hydroxylation is 3. The van der Waals surface area contributed by atoms with Crippen LogP contribution in [0.15, 0.2) is 67.0 Å². The van der Waals surface area contributed by atoms with Crippen LogP contribution >= 0.6 is 0 Å². The molecule has 0 atom stereocenters. The van der Waals surface area contributed by atoms with E-state index in [9.17, 15) is 14.9 Å². The molecule has 0 aliphatic heterocycles. The largest absolute Gasteiger partial charge is 0.381 e. The molecular weight excluding hydrogens is 578 g/mol. The van der Waals surface area contributed by atoms with Crippen LogP contribution in [0.2, 0.25) is 0 Å². The van der Waals surface area contributed by atoms with Crippen molar-refractivity contribution in [3.05, 3.63) is 89.4 Å². The van der Waals surface area contributed by atoms with Gasteiger partial charge in [0.05, 0.1) is 40.2 Å². The minimum Gasteiger partial charge on any atom is -0.381 e. The molecular formula is C36H37N7O3. The van der Waals surface area contributed by atoms with E-state index in [1.54, 1.807) is 36.3 Å². The van der Waals surface area contributed by atoms with Crippen molar-refractivity contribution in [3.8, 4) is 17.2 Å². The van der Waals surface area contributed by atoms with Gasteiger partial charge in [-0.15, -0.1) is 0 Å². The Kier molecular flexibility index (Phi) is 8.79. The molecule has 0 radical (unpaired) electrons. The van der Waals surface area contributed by atoms with Crippen LogP contribution in [0.5, 0.6) is 0 Å². The topological polar surface area (TPSA) is 127 Å². The van der Waals surface area contributed by atoms with Crippen LogP contribution in [-0.4, -0.2) is 56.8 Å². The van der Waals surface area contributed by atoms with Crippen molar-refractivity contribution in [1.29, 1.82) is 5.26 Å². The number of fused-ring (bicyclic) bond motifs is 2. The van der Waals surface area contributed by atoms with E-state index < -0.39 is 0 Å². The second-order valence-corrected chi connectivity index (χ2v) is 11.9. The molecule has 1 aliphatic rings. The second kappa shape index (κ2) is 13.1. The van der Waals surface area contributed by atoms with Crippen LogP contribution in [0, 0.1) is 18.3 Å². The number of nitrogens with one attached hydrogen (secondary N) is 2. The molecule has 5 aromatic rings. The summed E-state index contributed by atoms with van der Waals surface area (Å²) in [5.41, 5.74) is 6.97. The molecule has 2 aromatic heterocycles. The summed E-state index contributed by atoms with van der Waals surface area (Å²) >= 11 is 0. The van der Waals surface area contributed by atoms with Gasteiger partial charge in [0.15, 0.2) is 0 Å². The Balaban J connectivity index is 1.19. The van der Waals surface area contributed by atoms with Crippen molar-refractivity contribution in [2.24, 2.45) is 14.1 Å². The Bertz CT molecular complexity index is 2020. The van der Waals surface area contributed by atoms with E-state index in [4.69, 9.17) is 4.74 Å². The minimum absolute atomic E-state index is 0.195. The van der Waals surface area contributed by atoms with E-state index in [-0.39, 0.29) is 17.3 Å². The molecule has 1 fully saturated rings. The van der Waals surface area contributed by atoms with Crippen molar-refractivity contribution in [2.45, 2.75) is 44.8 Å². The van der Waals surface area contributed by atoms with E-state index in [1.165, 1.54) is 12.1 Å². The fraction of sp³-hybridized carbons (Fsp3) is 0.306. The third-order valence-electron chi connectivity index (χ3n) is 8.90. The lowest BCUT2D eigenvalue weighted by molar-refractivity contribution is -0.111. The number of amides is 1. The lowest BCUT2D eigenvalue weighted by Crippen LogP contribution is -2.35. The molecule has 1 aliphatic carbocycles. The highest BCUT2D eigenvalue weighted by Gasteiger charge is 2.23. The highest BCUT2D eigenvalue weighted by molar-refractivity contribution is 6.17. The van der Waals surface area contributed by atoms with Gasteiger partial charge in [-0.1, -0.05) is 24.3 Å². The third-order valence-corrected chi connectivity index (χ3v) is 8.90. The van der Waals surface area contributed by atoms with Crippen molar-refractivity contribution in [2.75, 3.05) is 19.0 Å². The number of rotatable bonds is 9. The Morgan fingerprint density at radius 3 is 2.65 bits per heavy atom. The maximum absolute atomic E-state index is 13.8. The van der Waals surface area contributed by atoms with Gasteiger partial charge < -0.3 is 19.9 Å². The number of methoxy groups -OCH3 is 1. The predicted octanol–water partition coefficient (Wildman–Crippen LogP) is 5.58. The van der Waals surface area contributed by atoms with Gasteiger partial charge in [-0.2, -0.15) is 10.4 Å². The zero-order valence-electron chi connectivity index (χ0n) is 26.5. The fourth-order valence-electron chi connectivity index (χ4n) is 6.39. The van der Waals surface area contributed by atoms with Crippen LogP contribution in [0.3, 0.4) is 0 Å². The smallest absolute Gasteiger partial charge is 0.248 e. The number of hydrogen-bond acceptors (Lipinski definition) is 7. The quantitative estimate of drug-likeness (QED) is 0.164. The first-order chi connectivity index (χ1) is 22.3. The molecule has 10 heteroatoms. The summed E-state index contributed by atoms with van der Waals surface area (Å²) in [4.78, 5) is 30.9. The normalized spacial score (nSPS) is 16.7. The first-order valence-electron chi connectivity index (χ1n) is 15.5. The van der Waals surface area contributed by atoms with E-state index in [2.05, 4.69) is 45.8 Å². The number of imidazole rings is 1. The molecule has 2 N–H and O–H groups in total. The summed E-state index contributed by atoms with van der Waals surface area (Å²) in [6, 6.07) is 17.3. The first kappa shape index (κ1) is 30.9. The summed E-state index contributed by atoms with van der Waals surface area (Å²) in [5.74, 6) is -0.651. The van der Waals surface area contributed by atoms with Crippen molar-refractivity contribution < 1.29 is 14.3 Å². The molecule has 2 heterocycles. The van der Waals surface area contributed by atoms with Gasteiger partial charge in [0, 0.05) is 56.4 Å². The second-order valence-electron chi connectivity index (χ2n) is 11.9. The molecule has 3 aromatic carbocycles. The third kappa shape index (κ3) is 6.07. The van der Waals surface area contributed by atoms with Crippen molar-refractivity contribution >= 4 is 39.3 Å². The standard InChI is InChI=1S/C36H37N7O3/c1-22-17-32-31(39-21-42(32)2)19-29(22)27-7-5-8-28-34(41-43(3)35(27)28)36(45)23-10-15-30(24(18-23)20-37)40-33(44)9-6-16-38-25-11-13-26(46-4)14-12-25/h5-10,15,17-19,21,25-26,38H,11-14,16H2,1-4H3,(H,40,44)/b9-6+/t25-,26-. The molecule has 46 heavy (non-hydrogen) atoms. The molecule has 234 valence electrons. The molecule has 1 amide bonds. The lowest BCUT2D eigenvalue weighted by atomic mass is 9.93. The fourth-order valence-corrected chi connectivity index (χ4v) is 6.39. The number of nitriles is 1. The lowest BCUT2D eigenvalue weighted by Gasteiger charge is -2.27. The number of carbonyl (C=O) groups excluding carboxylic acids is 2. The minimum atomic E-state index is -0.345. The van der Waals surface area contributed by atoms with Crippen molar-refractivity contribution in [1.82, 2.24) is 24.6 Å². The van der Waals surface area contributed by atoms with Crippen LogP contribution in [-0.2, 0) is 23.6 Å². The zero-order valence-corrected chi connectivity index (χ0v) is 26.5. The number of carbonyl (C=O) groups is 2. The van der Waals surface area contributed by atoms with Gasteiger partial charge in [-0.3, -0.25) is 14.3 Å². The molecule has 1 saturated carbocycles. The summed E-state index contributed by atoms with van der Waals surface area (Å²) in [5, 5.41) is 21.4. The number of ketones is 1. The molecule has 10 nitrogen and oxygen atoms in total. The Morgan fingerprint density at radius 2 is 1.89 bits per heavy atom. The number of para-hydroxylation sites is 1. The van der Waals surface area contributed by atoms with E-state index in [1.807, 2.05) is 36.9 Å². The summed E-state index contributed by atoms with van der Waals surface area (Å²) in [7, 11) is 5.55. The van der Waals surface area contributed by atoms with Gasteiger partial charge in [-0.25, -0.2) is 4.98 Å². The molecule has 6 rings (SSSR count). The van der Waals surface area contributed by atoms with Gasteiger partial charge in [0.2, 0.25) is 11.7 Å². The summed E-state index contributed by atoms with van der Waals surface area (Å²) < 4.78 is 9.14. The Labute approximate surface area is 267 Å². The molecule has 0 spiro atoms. The first-order valence-corrected chi connectivity index (χ1v) is 15.5. The predicted molar refractivity (Wildman–Crippen MR) is 179 cm³/mol. The Hall–Kier alpha value is -5.11. The molecule has 0 saturated heterocycles. The van der Waals surface area contributed by atoms with Crippen LogP contribution in [0.1, 0.15) is 52.9 Å². The van der Waals surface area contributed by atoms with E-state index in [0.717, 1.165) is 58.9 Å². The number of anilines is 1. The van der Waals surface area contributed by atoms with Gasteiger partial charge in [0.1, 0.15) is 11.8 Å². The monoisotopic (exact) mass is 615 g/mol. The highest BCUT2D eigenvalue weighted by Crippen LogP contribution is 2.35. The number of hydrogen-bond donors (Lipinski definition) is 2. The summed E-state index contributed by atoms with van der Waals surface area (Å²) in [6.45, 7) is 2.64. The van der Waals surface area contributed by atoms with Gasteiger partial charge in [0.25, 0.3) is 0 Å². The van der Waals surface area contributed by atoms with E-state index >= 15 is 0 Å². The number of ether oxygens (including phenoxy) is 1.